The molecule has 0 radical (unpaired) electrons. The molecule has 22 heavy (non-hydrogen) atoms. The third-order valence-electron chi connectivity index (χ3n) is 2.80. The van der Waals surface area contributed by atoms with Crippen molar-refractivity contribution in [3.8, 4) is 5.75 Å². The summed E-state index contributed by atoms with van der Waals surface area (Å²) in [7, 11) is 0. The number of amides is 1. The first-order chi connectivity index (χ1) is 10.4. The van der Waals surface area contributed by atoms with E-state index in [2.05, 4.69) is 5.32 Å². The number of rotatable bonds is 4. The Morgan fingerprint density at radius 3 is 2.36 bits per heavy atom. The van der Waals surface area contributed by atoms with E-state index in [0.29, 0.717) is 0 Å². The number of para-hydroxylation sites is 1. The first-order valence-electron chi connectivity index (χ1n) is 6.25. The number of halogens is 4. The SMILES string of the molecule is CC(Oc1cccc(Cl)c1Cl)C(=O)Nc1c(F)cccc1F. The van der Waals surface area contributed by atoms with E-state index in [4.69, 9.17) is 27.9 Å². The van der Waals surface area contributed by atoms with Crippen molar-refractivity contribution in [2.75, 3.05) is 5.32 Å². The Labute approximate surface area is 135 Å². The highest BCUT2D eigenvalue weighted by Crippen LogP contribution is 2.32. The van der Waals surface area contributed by atoms with Crippen LogP contribution in [0.25, 0.3) is 0 Å². The van der Waals surface area contributed by atoms with Gasteiger partial charge in [-0.1, -0.05) is 35.3 Å². The molecular formula is C15H11Cl2F2NO2. The lowest BCUT2D eigenvalue weighted by atomic mass is 10.2. The van der Waals surface area contributed by atoms with Gasteiger partial charge in [0.05, 0.1) is 5.02 Å². The molecule has 1 N–H and O–H groups in total. The summed E-state index contributed by atoms with van der Waals surface area (Å²) in [5.41, 5.74) is -0.528. The van der Waals surface area contributed by atoms with Gasteiger partial charge in [-0.25, -0.2) is 8.78 Å². The average Bonchev–Trinajstić information content (AvgIpc) is 2.47. The molecule has 0 aliphatic rings. The number of hydrogen-bond donors (Lipinski definition) is 1. The summed E-state index contributed by atoms with van der Waals surface area (Å²) in [4.78, 5) is 12.0. The molecule has 2 aromatic carbocycles. The van der Waals surface area contributed by atoms with E-state index >= 15 is 0 Å². The van der Waals surface area contributed by atoms with Gasteiger partial charge < -0.3 is 10.1 Å². The van der Waals surface area contributed by atoms with Crippen LogP contribution >= 0.6 is 23.2 Å². The highest BCUT2D eigenvalue weighted by molar-refractivity contribution is 6.42. The fourth-order valence-corrected chi connectivity index (χ4v) is 2.00. The van der Waals surface area contributed by atoms with E-state index in [0.717, 1.165) is 12.1 Å². The molecule has 3 nitrogen and oxygen atoms in total. The summed E-state index contributed by atoms with van der Waals surface area (Å²) in [6.45, 7) is 1.42. The fraction of sp³-hybridized carbons (Fsp3) is 0.133. The van der Waals surface area contributed by atoms with Gasteiger partial charge in [0.1, 0.15) is 28.1 Å². The van der Waals surface area contributed by atoms with Crippen molar-refractivity contribution in [1.29, 1.82) is 0 Å². The van der Waals surface area contributed by atoms with Gasteiger partial charge in [0, 0.05) is 0 Å². The molecule has 7 heteroatoms. The Balaban J connectivity index is 2.11. The molecule has 0 spiro atoms. The molecule has 0 saturated carbocycles. The van der Waals surface area contributed by atoms with E-state index in [1.54, 1.807) is 12.1 Å². The van der Waals surface area contributed by atoms with Crippen molar-refractivity contribution in [3.63, 3.8) is 0 Å². The second-order valence-corrected chi connectivity index (χ2v) is 5.18. The molecule has 1 atom stereocenters. The molecule has 1 unspecified atom stereocenters. The highest BCUT2D eigenvalue weighted by atomic mass is 35.5. The first kappa shape index (κ1) is 16.5. The number of carbonyl (C=O) groups is 1. The van der Waals surface area contributed by atoms with Gasteiger partial charge >= 0.3 is 0 Å². The molecule has 0 aliphatic carbocycles. The smallest absolute Gasteiger partial charge is 0.265 e. The summed E-state index contributed by atoms with van der Waals surface area (Å²) in [5, 5.41) is 2.57. The maximum atomic E-state index is 13.5. The van der Waals surface area contributed by atoms with E-state index < -0.39 is 29.3 Å². The van der Waals surface area contributed by atoms with Crippen molar-refractivity contribution in [2.24, 2.45) is 0 Å². The number of anilines is 1. The van der Waals surface area contributed by atoms with Gasteiger partial charge in [0.2, 0.25) is 0 Å². The Hall–Kier alpha value is -1.85. The molecule has 1 amide bonds. The Bertz CT molecular complexity index is 690. The fourth-order valence-electron chi connectivity index (χ4n) is 1.66. The first-order valence-corrected chi connectivity index (χ1v) is 7.01. The molecule has 0 fully saturated rings. The molecule has 2 rings (SSSR count). The van der Waals surface area contributed by atoms with Crippen LogP contribution in [0.15, 0.2) is 36.4 Å². The number of ether oxygens (including phenoxy) is 1. The number of carbonyl (C=O) groups excluding carboxylic acids is 1. The molecule has 116 valence electrons. The van der Waals surface area contributed by atoms with E-state index in [9.17, 15) is 13.6 Å². The minimum atomic E-state index is -1.03. The summed E-state index contributed by atoms with van der Waals surface area (Å²) in [6, 6.07) is 7.98. The van der Waals surface area contributed by atoms with Crippen LogP contribution in [0.2, 0.25) is 10.0 Å². The van der Waals surface area contributed by atoms with E-state index in [1.165, 1.54) is 19.1 Å². The van der Waals surface area contributed by atoms with Crippen LogP contribution in [-0.4, -0.2) is 12.0 Å². The molecule has 0 aliphatic heterocycles. The van der Waals surface area contributed by atoms with Crippen LogP contribution in [0.5, 0.6) is 5.75 Å². The minimum absolute atomic E-state index is 0.154. The molecule has 0 saturated heterocycles. The van der Waals surface area contributed by atoms with E-state index in [1.807, 2.05) is 0 Å². The van der Waals surface area contributed by atoms with Crippen molar-refractivity contribution in [2.45, 2.75) is 13.0 Å². The lowest BCUT2D eigenvalue weighted by molar-refractivity contribution is -0.122. The van der Waals surface area contributed by atoms with Crippen molar-refractivity contribution in [3.05, 3.63) is 58.1 Å². The van der Waals surface area contributed by atoms with Crippen molar-refractivity contribution >= 4 is 34.8 Å². The Morgan fingerprint density at radius 2 is 1.73 bits per heavy atom. The zero-order chi connectivity index (χ0) is 16.3. The summed E-state index contributed by atoms with van der Waals surface area (Å²) >= 11 is 11.8. The van der Waals surface area contributed by atoms with Crippen LogP contribution in [0, 0.1) is 11.6 Å². The van der Waals surface area contributed by atoms with E-state index in [-0.39, 0.29) is 15.8 Å². The van der Waals surface area contributed by atoms with Crippen LogP contribution in [0.4, 0.5) is 14.5 Å². The van der Waals surface area contributed by atoms with Gasteiger partial charge in [-0.05, 0) is 31.2 Å². The highest BCUT2D eigenvalue weighted by Gasteiger charge is 2.20. The predicted molar refractivity (Wildman–Crippen MR) is 81.5 cm³/mol. The largest absolute Gasteiger partial charge is 0.479 e. The maximum Gasteiger partial charge on any atom is 0.265 e. The minimum Gasteiger partial charge on any atom is -0.479 e. The number of nitrogens with one attached hydrogen (secondary N) is 1. The maximum absolute atomic E-state index is 13.5. The zero-order valence-corrected chi connectivity index (χ0v) is 12.9. The topological polar surface area (TPSA) is 38.3 Å². The van der Waals surface area contributed by atoms with Crippen LogP contribution in [0.1, 0.15) is 6.92 Å². The molecule has 0 heterocycles. The normalized spacial score (nSPS) is 11.9. The van der Waals surface area contributed by atoms with Gasteiger partial charge in [-0.2, -0.15) is 0 Å². The second kappa shape index (κ2) is 6.94. The van der Waals surface area contributed by atoms with Crippen LogP contribution in [-0.2, 0) is 4.79 Å². The third-order valence-corrected chi connectivity index (χ3v) is 3.60. The van der Waals surface area contributed by atoms with Crippen LogP contribution < -0.4 is 10.1 Å². The quantitative estimate of drug-likeness (QED) is 0.873. The van der Waals surface area contributed by atoms with Crippen molar-refractivity contribution < 1.29 is 18.3 Å². The molecular weight excluding hydrogens is 335 g/mol. The van der Waals surface area contributed by atoms with Crippen molar-refractivity contribution in [1.82, 2.24) is 0 Å². The second-order valence-electron chi connectivity index (χ2n) is 4.40. The van der Waals surface area contributed by atoms with Gasteiger partial charge in [-0.3, -0.25) is 4.79 Å². The molecule has 0 aromatic heterocycles. The number of benzene rings is 2. The predicted octanol–water partition coefficient (Wildman–Crippen LogP) is 4.68. The lowest BCUT2D eigenvalue weighted by Gasteiger charge is -2.16. The summed E-state index contributed by atoms with van der Waals surface area (Å²) in [5.74, 6) is -2.27. The standard InChI is InChI=1S/C15H11Cl2F2NO2/c1-8(22-12-7-2-4-9(16)13(12)17)15(21)20-14-10(18)5-3-6-11(14)19/h2-8H,1H3,(H,20,21). The zero-order valence-electron chi connectivity index (χ0n) is 11.4. The average molecular weight is 346 g/mol. The number of hydrogen-bond acceptors (Lipinski definition) is 2. The Kier molecular flexibility index (Phi) is 5.21. The Morgan fingerprint density at radius 1 is 1.14 bits per heavy atom. The van der Waals surface area contributed by atoms with Crippen LogP contribution in [0.3, 0.4) is 0 Å². The monoisotopic (exact) mass is 345 g/mol. The van der Waals surface area contributed by atoms with Gasteiger partial charge in [-0.15, -0.1) is 0 Å². The lowest BCUT2D eigenvalue weighted by Crippen LogP contribution is -2.31. The molecule has 2 aromatic rings. The third kappa shape index (κ3) is 3.67. The summed E-state index contributed by atoms with van der Waals surface area (Å²) < 4.78 is 32.3. The molecule has 0 bridgehead atoms. The van der Waals surface area contributed by atoms with Gasteiger partial charge in [0.15, 0.2) is 6.10 Å². The summed E-state index contributed by atoms with van der Waals surface area (Å²) in [6.07, 6.45) is -1.03. The van der Waals surface area contributed by atoms with Gasteiger partial charge in [0.25, 0.3) is 5.91 Å².